The highest BCUT2D eigenvalue weighted by Gasteiger charge is 2.69. The number of nitrogens with two attached hydrogens (primary N) is 1. The van der Waals surface area contributed by atoms with Crippen molar-refractivity contribution in [3.63, 3.8) is 0 Å². The fraction of sp³-hybridized carbons (Fsp3) is 0.400. The quantitative estimate of drug-likeness (QED) is 0.517. The number of carbonyl (C=O) groups excluding carboxylic acids is 5. The van der Waals surface area contributed by atoms with E-state index in [9.17, 15) is 34.2 Å². The minimum atomic E-state index is -2.73. The van der Waals surface area contributed by atoms with Crippen LogP contribution in [0.15, 0.2) is 34.9 Å². The molecule has 2 fully saturated rings. The molecule has 10 nitrogen and oxygen atoms in total. The summed E-state index contributed by atoms with van der Waals surface area (Å²) in [5.74, 6) is -10.2. The number of aliphatic hydroxyl groups is 1. The van der Waals surface area contributed by atoms with Crippen LogP contribution in [0.3, 0.4) is 0 Å². The number of hydrogen-bond donors (Lipinski definition) is 3. The monoisotopic (exact) mass is 480 g/mol. The van der Waals surface area contributed by atoms with E-state index < -0.39 is 64.4 Å². The zero-order valence-corrected chi connectivity index (χ0v) is 19.1. The standard InChI is InChI=1S/C25H24N2O8/c1-27(2)19-13-9-10-8-12-11(15-4-3-7-35-15)5-6-14(28)17(12)20(29)16(10)22(31)25(13,34)23(32)18(21(19)30)24(26)33/h3-7,10,13,16,18-19,28,34H,8-9H2,1-2H3,(H2,26,33)/t10-,13-,16?,18?,19-,25-/m1/s1. The highest BCUT2D eigenvalue weighted by molar-refractivity contribution is 6.32. The Hall–Kier alpha value is -3.63. The fourth-order valence-corrected chi connectivity index (χ4v) is 6.27. The van der Waals surface area contributed by atoms with Gasteiger partial charge in [-0.15, -0.1) is 0 Å². The summed E-state index contributed by atoms with van der Waals surface area (Å²) < 4.78 is 5.49. The van der Waals surface area contributed by atoms with Gasteiger partial charge < -0.3 is 20.4 Å². The molecule has 1 amide bonds. The van der Waals surface area contributed by atoms with Crippen LogP contribution < -0.4 is 5.73 Å². The van der Waals surface area contributed by atoms with Gasteiger partial charge in [0.25, 0.3) is 0 Å². The number of phenolic OH excluding ortho intramolecular Hbond substituents is 1. The first-order valence-electron chi connectivity index (χ1n) is 11.2. The lowest BCUT2D eigenvalue weighted by Gasteiger charge is -2.52. The zero-order chi connectivity index (χ0) is 25.4. The molecule has 0 saturated heterocycles. The molecule has 2 aromatic rings. The van der Waals surface area contributed by atoms with Crippen molar-refractivity contribution in [2.75, 3.05) is 14.1 Å². The van der Waals surface area contributed by atoms with Gasteiger partial charge in [0.2, 0.25) is 5.91 Å². The van der Waals surface area contributed by atoms with Crippen molar-refractivity contribution < 1.29 is 38.6 Å². The maximum atomic E-state index is 13.7. The molecule has 10 heteroatoms. The van der Waals surface area contributed by atoms with Gasteiger partial charge in [-0.05, 0) is 62.7 Å². The molecule has 3 aliphatic carbocycles. The second-order valence-corrected chi connectivity index (χ2v) is 9.75. The number of furan rings is 1. The molecule has 3 aliphatic rings. The number of carbonyl (C=O) groups is 5. The van der Waals surface area contributed by atoms with E-state index in [-0.39, 0.29) is 24.2 Å². The number of nitrogens with zero attached hydrogens (tertiary/aromatic N) is 1. The van der Waals surface area contributed by atoms with Crippen molar-refractivity contribution in [2.45, 2.75) is 24.5 Å². The fourth-order valence-electron chi connectivity index (χ4n) is 6.27. The number of aromatic hydroxyl groups is 1. The lowest BCUT2D eigenvalue weighted by Crippen LogP contribution is -2.74. The topological polar surface area (TPSA) is 168 Å². The Morgan fingerprint density at radius 1 is 1.14 bits per heavy atom. The largest absolute Gasteiger partial charge is 0.507 e. The van der Waals surface area contributed by atoms with Gasteiger partial charge in [0, 0.05) is 11.5 Å². The number of ketones is 4. The van der Waals surface area contributed by atoms with Gasteiger partial charge in [0.05, 0.1) is 23.8 Å². The summed E-state index contributed by atoms with van der Waals surface area (Å²) in [6.45, 7) is 0. The predicted molar refractivity (Wildman–Crippen MR) is 119 cm³/mol. The van der Waals surface area contributed by atoms with Gasteiger partial charge in [-0.25, -0.2) is 0 Å². The number of hydrogen-bond acceptors (Lipinski definition) is 9. The number of fused-ring (bicyclic) bond motifs is 3. The molecule has 182 valence electrons. The lowest BCUT2D eigenvalue weighted by molar-refractivity contribution is -0.181. The molecular weight excluding hydrogens is 456 g/mol. The van der Waals surface area contributed by atoms with E-state index >= 15 is 0 Å². The Balaban J connectivity index is 1.67. The van der Waals surface area contributed by atoms with Gasteiger partial charge in [0.15, 0.2) is 34.7 Å². The van der Waals surface area contributed by atoms with Gasteiger partial charge in [0.1, 0.15) is 11.5 Å². The third-order valence-corrected chi connectivity index (χ3v) is 7.73. The molecule has 0 aliphatic heterocycles. The second-order valence-electron chi connectivity index (χ2n) is 9.75. The molecule has 2 unspecified atom stereocenters. The van der Waals surface area contributed by atoms with Crippen LogP contribution in [-0.4, -0.2) is 69.9 Å². The number of rotatable bonds is 3. The van der Waals surface area contributed by atoms with Crippen molar-refractivity contribution in [3.8, 4) is 17.1 Å². The SMILES string of the molecule is CN(C)[C@H]1C(=O)C(C(N)=O)C(=O)[C@]2(O)C(=O)C3C(=O)c4c(O)ccc(-c5ccco5)c4C[C@@H]3C[C@H]12. The predicted octanol–water partition coefficient (Wildman–Crippen LogP) is 0.127. The van der Waals surface area contributed by atoms with E-state index in [4.69, 9.17) is 10.2 Å². The van der Waals surface area contributed by atoms with Crippen molar-refractivity contribution in [3.05, 3.63) is 41.7 Å². The van der Waals surface area contributed by atoms with Crippen LogP contribution in [0.1, 0.15) is 22.3 Å². The Labute approximate surface area is 199 Å². The Morgan fingerprint density at radius 2 is 1.86 bits per heavy atom. The van der Waals surface area contributed by atoms with Crippen molar-refractivity contribution in [2.24, 2.45) is 29.4 Å². The summed E-state index contributed by atoms with van der Waals surface area (Å²) in [6, 6.07) is 5.20. The number of amides is 1. The van der Waals surface area contributed by atoms with Crippen LogP contribution in [0.2, 0.25) is 0 Å². The molecule has 35 heavy (non-hydrogen) atoms. The van der Waals surface area contributed by atoms with E-state index in [2.05, 4.69) is 0 Å². The molecule has 2 saturated carbocycles. The minimum absolute atomic E-state index is 0.00283. The normalized spacial score (nSPS) is 32.3. The highest BCUT2D eigenvalue weighted by atomic mass is 16.3. The van der Waals surface area contributed by atoms with E-state index in [0.29, 0.717) is 16.9 Å². The Morgan fingerprint density at radius 3 is 2.46 bits per heavy atom. The zero-order valence-electron chi connectivity index (χ0n) is 19.1. The van der Waals surface area contributed by atoms with Gasteiger partial charge >= 0.3 is 0 Å². The summed E-state index contributed by atoms with van der Waals surface area (Å²) >= 11 is 0. The summed E-state index contributed by atoms with van der Waals surface area (Å²) in [7, 11) is 3.09. The van der Waals surface area contributed by atoms with Gasteiger partial charge in [-0.1, -0.05) is 0 Å². The van der Waals surface area contributed by atoms with Gasteiger partial charge in [-0.2, -0.15) is 0 Å². The lowest BCUT2D eigenvalue weighted by atomic mass is 9.52. The smallest absolute Gasteiger partial charge is 0.235 e. The number of phenols is 1. The molecule has 6 atom stereocenters. The average Bonchev–Trinajstić information content (AvgIpc) is 3.30. The van der Waals surface area contributed by atoms with Crippen LogP contribution in [0, 0.1) is 23.7 Å². The van der Waals surface area contributed by atoms with Crippen molar-refractivity contribution >= 4 is 29.0 Å². The van der Waals surface area contributed by atoms with E-state index in [1.54, 1.807) is 32.3 Å². The first kappa shape index (κ1) is 23.1. The van der Waals surface area contributed by atoms with E-state index in [1.807, 2.05) is 0 Å². The number of primary amides is 1. The van der Waals surface area contributed by atoms with Crippen LogP contribution >= 0.6 is 0 Å². The van der Waals surface area contributed by atoms with Crippen molar-refractivity contribution in [1.29, 1.82) is 0 Å². The molecule has 0 bridgehead atoms. The molecule has 0 radical (unpaired) electrons. The molecule has 4 N–H and O–H groups in total. The number of likely N-dealkylation sites (N-methyl/N-ethyl adjacent to an activating group) is 1. The molecule has 0 spiro atoms. The Bertz CT molecular complexity index is 1300. The highest BCUT2D eigenvalue weighted by Crippen LogP contribution is 2.51. The van der Waals surface area contributed by atoms with E-state index in [0.717, 1.165) is 0 Å². The number of benzene rings is 1. The van der Waals surface area contributed by atoms with E-state index in [1.165, 1.54) is 17.2 Å². The average molecular weight is 480 g/mol. The second kappa shape index (κ2) is 7.69. The first-order valence-corrected chi connectivity index (χ1v) is 11.2. The first-order chi connectivity index (χ1) is 16.5. The molecule has 1 aromatic heterocycles. The summed E-state index contributed by atoms with van der Waals surface area (Å²) in [6.07, 6.45) is 1.65. The number of Topliss-reactive ketones (excluding diaryl/α,β-unsaturated/α-hetero) is 4. The third kappa shape index (κ3) is 2.99. The molecule has 1 aromatic carbocycles. The van der Waals surface area contributed by atoms with Gasteiger partial charge in [-0.3, -0.25) is 28.9 Å². The van der Waals surface area contributed by atoms with Crippen LogP contribution in [0.4, 0.5) is 0 Å². The third-order valence-electron chi connectivity index (χ3n) is 7.73. The molecule has 1 heterocycles. The van der Waals surface area contributed by atoms with Crippen LogP contribution in [0.25, 0.3) is 11.3 Å². The Kier molecular flexibility index (Phi) is 5.08. The summed E-state index contributed by atoms with van der Waals surface area (Å²) in [4.78, 5) is 67.1. The molecule has 5 rings (SSSR count). The van der Waals surface area contributed by atoms with Crippen LogP contribution in [0.5, 0.6) is 5.75 Å². The maximum absolute atomic E-state index is 13.7. The maximum Gasteiger partial charge on any atom is 0.235 e. The van der Waals surface area contributed by atoms with Crippen LogP contribution in [-0.2, 0) is 25.6 Å². The summed E-state index contributed by atoms with van der Waals surface area (Å²) in [5, 5.41) is 22.1. The molecular formula is C25H24N2O8. The summed E-state index contributed by atoms with van der Waals surface area (Å²) in [5.41, 5.74) is 3.59. The van der Waals surface area contributed by atoms with Crippen molar-refractivity contribution in [1.82, 2.24) is 4.90 Å². The minimum Gasteiger partial charge on any atom is -0.507 e.